The summed E-state index contributed by atoms with van der Waals surface area (Å²) in [6.07, 6.45) is 15.6. The Balaban J connectivity index is 0.00000201. The van der Waals surface area contributed by atoms with Crippen LogP contribution in [0.2, 0.25) is 23.7 Å². The normalized spacial score (nSPS) is 17.0. The van der Waals surface area contributed by atoms with Crippen LogP contribution in [0.15, 0.2) is 46.4 Å². The third-order valence-corrected chi connectivity index (χ3v) is 17.9. The maximum absolute atomic E-state index is 5.63. The van der Waals surface area contributed by atoms with E-state index in [1.165, 1.54) is 110 Å². The van der Waals surface area contributed by atoms with Crippen molar-refractivity contribution >= 4 is 49.9 Å². The molecule has 6 heteroatoms. The Hall–Kier alpha value is -0.761. The summed E-state index contributed by atoms with van der Waals surface area (Å²) >= 11 is -0.106. The monoisotopic (exact) mass is 802 g/mol. The molecular weight excluding hydrogens is 738 g/mol. The van der Waals surface area contributed by atoms with Crippen LogP contribution in [-0.4, -0.2) is 19.5 Å². The van der Waals surface area contributed by atoms with Gasteiger partial charge in [0.15, 0.2) is 0 Å². The van der Waals surface area contributed by atoms with E-state index in [1.807, 2.05) is 0 Å². The van der Waals surface area contributed by atoms with Gasteiger partial charge in [0.05, 0.1) is 30.9 Å². The van der Waals surface area contributed by atoms with Gasteiger partial charge in [-0.2, -0.15) is 0 Å². The zero-order valence-corrected chi connectivity index (χ0v) is 35.9. The Kier molecular flexibility index (Phi) is 17.6. The van der Waals surface area contributed by atoms with E-state index in [9.17, 15) is 0 Å². The average Bonchev–Trinajstić information content (AvgIpc) is 3.78. The van der Waals surface area contributed by atoms with Crippen LogP contribution in [-0.2, 0) is 15.9 Å². The summed E-state index contributed by atoms with van der Waals surface area (Å²) in [5, 5.41) is 0. The van der Waals surface area contributed by atoms with Crippen molar-refractivity contribution in [2.24, 2.45) is 9.98 Å². The van der Waals surface area contributed by atoms with Crippen LogP contribution >= 0.6 is 19.1 Å². The topological polar surface area (TPSA) is 24.7 Å². The molecule has 0 radical (unpaired) electrons. The van der Waals surface area contributed by atoms with Crippen molar-refractivity contribution in [3.05, 3.63) is 58.7 Å². The van der Waals surface area contributed by atoms with Gasteiger partial charge in [-0.25, -0.2) is 0 Å². The second kappa shape index (κ2) is 20.3. The van der Waals surface area contributed by atoms with E-state index in [0.717, 1.165) is 23.2 Å². The molecule has 0 N–H and O–H groups in total. The van der Waals surface area contributed by atoms with Crippen molar-refractivity contribution in [2.45, 2.75) is 180 Å². The van der Waals surface area contributed by atoms with Gasteiger partial charge in [0, 0.05) is 0 Å². The zero-order valence-electron chi connectivity index (χ0n) is 31.9. The molecule has 48 heavy (non-hydrogen) atoms. The number of para-hydroxylation sites is 2. The van der Waals surface area contributed by atoms with Crippen LogP contribution in [0.5, 0.6) is 0 Å². The molecule has 0 saturated heterocycles. The molecule has 0 aromatic heterocycles. The Labute approximate surface area is 312 Å². The van der Waals surface area contributed by atoms with Crippen molar-refractivity contribution < 1.29 is 15.9 Å². The van der Waals surface area contributed by atoms with Gasteiger partial charge in [0.25, 0.3) is 0 Å². The molecule has 2 aromatic rings. The first-order valence-electron chi connectivity index (χ1n) is 19.1. The zero-order chi connectivity index (χ0) is 35.4. The molecule has 4 rings (SSSR count). The molecule has 272 valence electrons. The Morgan fingerprint density at radius 1 is 0.667 bits per heavy atom. The van der Waals surface area contributed by atoms with E-state index >= 15 is 0 Å². The van der Waals surface area contributed by atoms with Crippen molar-refractivity contribution in [3.63, 3.8) is 0 Å². The molecule has 0 unspecified atom stereocenters. The van der Waals surface area contributed by atoms with Crippen molar-refractivity contribution in [1.82, 2.24) is 0 Å². The maximum atomic E-state index is 5.63. The van der Waals surface area contributed by atoms with Gasteiger partial charge in [-0.1, -0.05) is 162 Å². The Bertz CT molecular complexity index is 1270. The van der Waals surface area contributed by atoms with Crippen molar-refractivity contribution in [1.29, 1.82) is 0 Å². The molecule has 0 aliphatic heterocycles. The predicted octanol–water partition coefficient (Wildman–Crippen LogP) is 15.6. The third-order valence-electron chi connectivity index (χ3n) is 11.6. The van der Waals surface area contributed by atoms with Gasteiger partial charge in [-0.05, 0) is 76.8 Å². The Morgan fingerprint density at radius 3 is 1.38 bits per heavy atom. The second-order valence-electron chi connectivity index (χ2n) is 16.2. The molecule has 2 aromatic carbocycles. The van der Waals surface area contributed by atoms with E-state index in [-0.39, 0.29) is 15.9 Å². The van der Waals surface area contributed by atoms with Gasteiger partial charge in [0.1, 0.15) is 0 Å². The van der Waals surface area contributed by atoms with E-state index in [4.69, 9.17) is 29.0 Å². The van der Waals surface area contributed by atoms with E-state index in [1.54, 1.807) is 0 Å². The number of rotatable bonds is 14. The van der Waals surface area contributed by atoms with Crippen LogP contribution in [0.25, 0.3) is 0 Å². The van der Waals surface area contributed by atoms with Gasteiger partial charge >= 0.3 is 35.0 Å². The fourth-order valence-corrected chi connectivity index (χ4v) is 14.6. The molecule has 2 nitrogen and oxygen atoms in total. The van der Waals surface area contributed by atoms with E-state index in [2.05, 4.69) is 105 Å². The first-order valence-corrected chi connectivity index (χ1v) is 25.9. The molecule has 0 bridgehead atoms. The fourth-order valence-electron chi connectivity index (χ4n) is 8.68. The molecule has 0 heterocycles. The predicted molar refractivity (Wildman–Crippen MR) is 216 cm³/mol. The van der Waals surface area contributed by atoms with Crippen LogP contribution < -0.4 is 0 Å². The number of nitrogens with zero attached hydrogens (tertiary/aromatic N) is 2. The van der Waals surface area contributed by atoms with Gasteiger partial charge in [0.2, 0.25) is 0 Å². The van der Waals surface area contributed by atoms with Crippen LogP contribution in [0.1, 0.15) is 179 Å². The third kappa shape index (κ3) is 11.1. The molecule has 0 atom stereocenters. The molecule has 2 aliphatic carbocycles. The fraction of sp³-hybridized carbons (Fsp3) is 0.667. The van der Waals surface area contributed by atoms with E-state index in [0.29, 0.717) is 23.7 Å². The SMILES string of the molecule is CC(=Nc1c(C(C)C)cccc1C(C)C)C(CCCC[Si](C)(C1CCCC1)C1CCCC1)=Nc1c(C(C)C)cccc1C(C)C.[Cl][Pd][Cl]. The number of aliphatic imine (C=N–C) groups is 2. The molecule has 0 spiro atoms. The minimum atomic E-state index is -1.28. The summed E-state index contributed by atoms with van der Waals surface area (Å²) in [5.74, 6) is 1.72. The number of hydrogen-bond acceptors (Lipinski definition) is 2. The molecular formula is C42H66Cl2N2PdSi. The molecule has 2 saturated carbocycles. The first kappa shape index (κ1) is 41.7. The van der Waals surface area contributed by atoms with Crippen LogP contribution in [0.4, 0.5) is 11.4 Å². The average molecular weight is 804 g/mol. The summed E-state index contributed by atoms with van der Waals surface area (Å²) in [4.78, 5) is 11.1. The summed E-state index contributed by atoms with van der Waals surface area (Å²) < 4.78 is 0. The molecule has 2 aliphatic rings. The minimum absolute atomic E-state index is 0.106. The summed E-state index contributed by atoms with van der Waals surface area (Å²) in [7, 11) is 8.35. The standard InChI is InChI=1S/C42H66N2Si.2ClH.Pd/c1-29(2)36-23-17-24-37(30(3)4)41(36)43-33(9)40(44-42-38(31(5)6)25-18-26-39(42)32(7)8)27-15-16-28-45(10,34-19-11-12-20-34)35-21-13-14-22-35;;;/h17-18,23-26,29-32,34-35H,11-16,19-22,27-28H2,1-10H3;2*1H;/q;;;+2/p-2. The second-order valence-corrected chi connectivity index (χ2v) is 23.7. The van der Waals surface area contributed by atoms with Crippen LogP contribution in [0, 0.1) is 0 Å². The Morgan fingerprint density at radius 2 is 1.02 bits per heavy atom. The first-order chi connectivity index (χ1) is 22.8. The van der Waals surface area contributed by atoms with Gasteiger partial charge < -0.3 is 0 Å². The number of benzene rings is 2. The molecule has 2 fully saturated rings. The quantitative estimate of drug-likeness (QED) is 0.103. The van der Waals surface area contributed by atoms with Gasteiger partial charge in [-0.3, -0.25) is 9.98 Å². The molecule has 0 amide bonds. The number of halogens is 2. The number of unbranched alkanes of at least 4 members (excludes halogenated alkanes) is 1. The van der Waals surface area contributed by atoms with Gasteiger partial charge in [-0.15, -0.1) is 0 Å². The summed E-state index contributed by atoms with van der Waals surface area (Å²) in [5.41, 5.74) is 12.2. The van der Waals surface area contributed by atoms with Crippen molar-refractivity contribution in [2.75, 3.05) is 0 Å². The number of hydrogen-bond donors (Lipinski definition) is 0. The van der Waals surface area contributed by atoms with Crippen molar-refractivity contribution in [3.8, 4) is 0 Å². The van der Waals surface area contributed by atoms with E-state index < -0.39 is 8.07 Å². The van der Waals surface area contributed by atoms with Crippen LogP contribution in [0.3, 0.4) is 0 Å². The summed E-state index contributed by atoms with van der Waals surface area (Å²) in [6.45, 7) is 23.5. The summed E-state index contributed by atoms with van der Waals surface area (Å²) in [6, 6.07) is 15.1.